The highest BCUT2D eigenvalue weighted by Crippen LogP contribution is 2.20. The minimum atomic E-state index is -0.177. The average molecular weight is 294 g/mol. The van der Waals surface area contributed by atoms with Crippen LogP contribution < -0.4 is 10.6 Å². The SMILES string of the molecule is Cc1cccc(C(=O)Nc2cccc(C(=O)NC3CC3)c2)c1. The Morgan fingerprint density at radius 2 is 1.64 bits per heavy atom. The molecule has 0 atom stereocenters. The molecule has 0 aliphatic heterocycles. The van der Waals surface area contributed by atoms with Crippen LogP contribution in [0.2, 0.25) is 0 Å². The second kappa shape index (κ2) is 6.02. The van der Waals surface area contributed by atoms with Crippen LogP contribution >= 0.6 is 0 Å². The predicted octanol–water partition coefficient (Wildman–Crippen LogP) is 3.14. The lowest BCUT2D eigenvalue weighted by Crippen LogP contribution is -2.25. The topological polar surface area (TPSA) is 58.2 Å². The molecular formula is C18H18N2O2. The van der Waals surface area contributed by atoms with Crippen LogP contribution in [-0.2, 0) is 0 Å². The smallest absolute Gasteiger partial charge is 0.255 e. The van der Waals surface area contributed by atoms with Crippen molar-refractivity contribution in [1.29, 1.82) is 0 Å². The van der Waals surface area contributed by atoms with Crippen molar-refractivity contribution in [2.24, 2.45) is 0 Å². The van der Waals surface area contributed by atoms with Crippen molar-refractivity contribution >= 4 is 17.5 Å². The number of anilines is 1. The highest BCUT2D eigenvalue weighted by atomic mass is 16.2. The third kappa shape index (κ3) is 3.52. The van der Waals surface area contributed by atoms with Gasteiger partial charge in [-0.25, -0.2) is 0 Å². The molecular weight excluding hydrogens is 276 g/mol. The summed E-state index contributed by atoms with van der Waals surface area (Å²) in [6, 6.07) is 14.7. The van der Waals surface area contributed by atoms with E-state index < -0.39 is 0 Å². The van der Waals surface area contributed by atoms with Crippen molar-refractivity contribution < 1.29 is 9.59 Å². The maximum atomic E-state index is 12.2. The number of benzene rings is 2. The molecule has 0 saturated heterocycles. The average Bonchev–Trinajstić information content (AvgIpc) is 3.31. The quantitative estimate of drug-likeness (QED) is 0.910. The van der Waals surface area contributed by atoms with Gasteiger partial charge in [-0.2, -0.15) is 0 Å². The Balaban J connectivity index is 1.72. The van der Waals surface area contributed by atoms with E-state index in [1.54, 1.807) is 30.3 Å². The Bertz CT molecular complexity index is 721. The highest BCUT2D eigenvalue weighted by Gasteiger charge is 2.23. The first-order chi connectivity index (χ1) is 10.6. The number of hydrogen-bond acceptors (Lipinski definition) is 2. The monoisotopic (exact) mass is 294 g/mol. The van der Waals surface area contributed by atoms with Gasteiger partial charge in [0.05, 0.1) is 0 Å². The minimum absolute atomic E-state index is 0.0887. The molecule has 2 amide bonds. The van der Waals surface area contributed by atoms with E-state index in [4.69, 9.17) is 0 Å². The number of aryl methyl sites for hydroxylation is 1. The fraction of sp³-hybridized carbons (Fsp3) is 0.222. The Morgan fingerprint density at radius 3 is 2.32 bits per heavy atom. The van der Waals surface area contributed by atoms with Gasteiger partial charge in [-0.1, -0.05) is 23.8 Å². The lowest BCUT2D eigenvalue weighted by atomic mass is 10.1. The molecule has 2 aromatic rings. The van der Waals surface area contributed by atoms with Crippen molar-refractivity contribution in [3.05, 3.63) is 65.2 Å². The summed E-state index contributed by atoms with van der Waals surface area (Å²) in [6.07, 6.45) is 2.10. The molecule has 4 nitrogen and oxygen atoms in total. The van der Waals surface area contributed by atoms with Gasteiger partial charge in [-0.3, -0.25) is 9.59 Å². The molecule has 112 valence electrons. The molecule has 1 aliphatic carbocycles. The third-order valence-corrected chi connectivity index (χ3v) is 3.58. The molecule has 2 N–H and O–H groups in total. The van der Waals surface area contributed by atoms with Crippen LogP contribution in [0, 0.1) is 6.92 Å². The lowest BCUT2D eigenvalue weighted by molar-refractivity contribution is 0.0949. The molecule has 0 spiro atoms. The second-order valence-electron chi connectivity index (χ2n) is 5.65. The molecule has 1 aliphatic rings. The number of amides is 2. The van der Waals surface area contributed by atoms with Gasteiger partial charge in [0.25, 0.3) is 11.8 Å². The van der Waals surface area contributed by atoms with Crippen LogP contribution in [0.1, 0.15) is 39.1 Å². The van der Waals surface area contributed by atoms with E-state index in [-0.39, 0.29) is 11.8 Å². The number of rotatable bonds is 4. The predicted molar refractivity (Wildman–Crippen MR) is 86.1 cm³/mol. The molecule has 2 aromatic carbocycles. The summed E-state index contributed by atoms with van der Waals surface area (Å²) in [5.41, 5.74) is 2.82. The molecule has 0 radical (unpaired) electrons. The first kappa shape index (κ1) is 14.3. The van der Waals surface area contributed by atoms with E-state index in [0.717, 1.165) is 18.4 Å². The highest BCUT2D eigenvalue weighted by molar-refractivity contribution is 6.05. The Hall–Kier alpha value is -2.62. The van der Waals surface area contributed by atoms with E-state index in [1.807, 2.05) is 25.1 Å². The van der Waals surface area contributed by atoms with Crippen molar-refractivity contribution in [2.75, 3.05) is 5.32 Å². The van der Waals surface area contributed by atoms with Crippen molar-refractivity contribution in [3.63, 3.8) is 0 Å². The summed E-state index contributed by atoms with van der Waals surface area (Å²) in [7, 11) is 0. The standard InChI is InChI=1S/C18H18N2O2/c1-12-4-2-5-13(10-12)17(21)20-16-7-3-6-14(11-16)18(22)19-15-8-9-15/h2-7,10-11,15H,8-9H2,1H3,(H,19,22)(H,20,21). The minimum Gasteiger partial charge on any atom is -0.349 e. The van der Waals surface area contributed by atoms with Crippen LogP contribution in [0.5, 0.6) is 0 Å². The molecule has 4 heteroatoms. The van der Waals surface area contributed by atoms with Gasteiger partial charge in [0, 0.05) is 22.9 Å². The van der Waals surface area contributed by atoms with E-state index in [2.05, 4.69) is 10.6 Å². The third-order valence-electron chi connectivity index (χ3n) is 3.58. The Morgan fingerprint density at radius 1 is 0.955 bits per heavy atom. The molecule has 0 bridgehead atoms. The van der Waals surface area contributed by atoms with Crippen LogP contribution in [0.25, 0.3) is 0 Å². The molecule has 0 aromatic heterocycles. The lowest BCUT2D eigenvalue weighted by Gasteiger charge is -2.08. The van der Waals surface area contributed by atoms with Crippen LogP contribution in [0.4, 0.5) is 5.69 Å². The van der Waals surface area contributed by atoms with E-state index in [0.29, 0.717) is 22.9 Å². The van der Waals surface area contributed by atoms with E-state index >= 15 is 0 Å². The number of nitrogens with one attached hydrogen (secondary N) is 2. The van der Waals surface area contributed by atoms with Gasteiger partial charge in [0.15, 0.2) is 0 Å². The Labute approximate surface area is 129 Å². The normalized spacial score (nSPS) is 13.5. The van der Waals surface area contributed by atoms with Crippen molar-refractivity contribution in [3.8, 4) is 0 Å². The maximum absolute atomic E-state index is 12.2. The Kier molecular flexibility index (Phi) is 3.92. The molecule has 3 rings (SSSR count). The van der Waals surface area contributed by atoms with Gasteiger partial charge < -0.3 is 10.6 Å². The summed E-state index contributed by atoms with van der Waals surface area (Å²) in [4.78, 5) is 24.2. The van der Waals surface area contributed by atoms with Gasteiger partial charge in [-0.05, 0) is 50.1 Å². The van der Waals surface area contributed by atoms with Crippen molar-refractivity contribution in [1.82, 2.24) is 5.32 Å². The molecule has 1 saturated carbocycles. The first-order valence-corrected chi connectivity index (χ1v) is 7.41. The zero-order valence-corrected chi connectivity index (χ0v) is 12.4. The van der Waals surface area contributed by atoms with Crippen LogP contribution in [-0.4, -0.2) is 17.9 Å². The fourth-order valence-electron chi connectivity index (χ4n) is 2.22. The van der Waals surface area contributed by atoms with Gasteiger partial charge in [0.2, 0.25) is 0 Å². The summed E-state index contributed by atoms with van der Waals surface area (Å²) in [5.74, 6) is -0.266. The molecule has 1 fully saturated rings. The first-order valence-electron chi connectivity index (χ1n) is 7.41. The zero-order valence-electron chi connectivity index (χ0n) is 12.4. The molecule has 0 heterocycles. The van der Waals surface area contributed by atoms with Crippen molar-refractivity contribution in [2.45, 2.75) is 25.8 Å². The van der Waals surface area contributed by atoms with E-state index in [9.17, 15) is 9.59 Å². The van der Waals surface area contributed by atoms with Crippen LogP contribution in [0.15, 0.2) is 48.5 Å². The molecule has 0 unspecified atom stereocenters. The fourth-order valence-corrected chi connectivity index (χ4v) is 2.22. The summed E-state index contributed by atoms with van der Waals surface area (Å²) in [5, 5.41) is 5.77. The molecule has 22 heavy (non-hydrogen) atoms. The number of hydrogen-bond donors (Lipinski definition) is 2. The van der Waals surface area contributed by atoms with E-state index in [1.165, 1.54) is 0 Å². The number of carbonyl (C=O) groups is 2. The van der Waals surface area contributed by atoms with Gasteiger partial charge in [-0.15, -0.1) is 0 Å². The largest absolute Gasteiger partial charge is 0.349 e. The summed E-state index contributed by atoms with van der Waals surface area (Å²) in [6.45, 7) is 1.94. The number of carbonyl (C=O) groups excluding carboxylic acids is 2. The summed E-state index contributed by atoms with van der Waals surface area (Å²) < 4.78 is 0. The maximum Gasteiger partial charge on any atom is 0.255 e. The van der Waals surface area contributed by atoms with Gasteiger partial charge >= 0.3 is 0 Å². The van der Waals surface area contributed by atoms with Gasteiger partial charge in [0.1, 0.15) is 0 Å². The summed E-state index contributed by atoms with van der Waals surface area (Å²) >= 11 is 0. The zero-order chi connectivity index (χ0) is 15.5. The second-order valence-corrected chi connectivity index (χ2v) is 5.65. The van der Waals surface area contributed by atoms with Crippen LogP contribution in [0.3, 0.4) is 0 Å².